The quantitative estimate of drug-likeness (QED) is 0.842. The van der Waals surface area contributed by atoms with Crippen LogP contribution in [0.1, 0.15) is 36.8 Å². The molecule has 3 rings (SSSR count). The summed E-state index contributed by atoms with van der Waals surface area (Å²) in [5.41, 5.74) is 2.38. The Bertz CT molecular complexity index is 760. The van der Waals surface area contributed by atoms with E-state index < -0.39 is 0 Å². The van der Waals surface area contributed by atoms with Crippen molar-refractivity contribution in [2.75, 3.05) is 27.2 Å². The number of rotatable bonds is 5. The van der Waals surface area contributed by atoms with E-state index in [1.165, 1.54) is 11.1 Å². The molecular formula is C24H31N3O2. The molecule has 0 aromatic heterocycles. The molecule has 1 saturated heterocycles. The molecule has 1 atom stereocenters. The maximum atomic E-state index is 13.0. The number of hydrogen-bond donors (Lipinski definition) is 1. The van der Waals surface area contributed by atoms with Crippen LogP contribution in [0.2, 0.25) is 0 Å². The minimum atomic E-state index is -0.0455. The molecular weight excluding hydrogens is 362 g/mol. The summed E-state index contributed by atoms with van der Waals surface area (Å²) in [6.45, 7) is 3.34. The van der Waals surface area contributed by atoms with Gasteiger partial charge in [-0.3, -0.25) is 4.79 Å². The van der Waals surface area contributed by atoms with E-state index in [1.807, 2.05) is 41.3 Å². The van der Waals surface area contributed by atoms with E-state index in [-0.39, 0.29) is 29.8 Å². The molecule has 0 spiro atoms. The summed E-state index contributed by atoms with van der Waals surface area (Å²) in [5, 5.41) is 3.26. The monoisotopic (exact) mass is 393 g/mol. The molecule has 1 heterocycles. The Balaban J connectivity index is 1.66. The fraction of sp³-hybridized carbons (Fsp3) is 0.417. The number of carbonyl (C=O) groups excluding carboxylic acids is 2. The van der Waals surface area contributed by atoms with Crippen molar-refractivity contribution in [1.29, 1.82) is 0 Å². The molecule has 3 amide bonds. The van der Waals surface area contributed by atoms with Gasteiger partial charge in [-0.15, -0.1) is 0 Å². The lowest BCUT2D eigenvalue weighted by molar-refractivity contribution is -0.127. The molecule has 1 aliphatic rings. The number of carbonyl (C=O) groups is 2. The third-order valence-corrected chi connectivity index (χ3v) is 5.71. The molecule has 5 nitrogen and oxygen atoms in total. The zero-order valence-electron chi connectivity index (χ0n) is 17.5. The highest BCUT2D eigenvalue weighted by molar-refractivity contribution is 5.80. The van der Waals surface area contributed by atoms with Gasteiger partial charge >= 0.3 is 6.03 Å². The molecule has 0 saturated carbocycles. The predicted octanol–water partition coefficient (Wildman–Crippen LogP) is 3.72. The fourth-order valence-corrected chi connectivity index (χ4v) is 4.13. The first-order chi connectivity index (χ1) is 14.0. The van der Waals surface area contributed by atoms with Gasteiger partial charge in [-0.1, -0.05) is 60.7 Å². The number of nitrogens with zero attached hydrogens (tertiary/aromatic N) is 2. The second-order valence-electron chi connectivity index (χ2n) is 8.03. The first-order valence-electron chi connectivity index (χ1n) is 10.3. The van der Waals surface area contributed by atoms with Crippen LogP contribution in [0.5, 0.6) is 0 Å². The largest absolute Gasteiger partial charge is 0.352 e. The Labute approximate surface area is 173 Å². The minimum absolute atomic E-state index is 0.0189. The first-order valence-corrected chi connectivity index (χ1v) is 10.3. The van der Waals surface area contributed by atoms with Gasteiger partial charge in [0.15, 0.2) is 0 Å². The van der Waals surface area contributed by atoms with Crippen molar-refractivity contribution >= 4 is 11.9 Å². The molecule has 29 heavy (non-hydrogen) atoms. The van der Waals surface area contributed by atoms with Gasteiger partial charge in [-0.25, -0.2) is 4.79 Å². The predicted molar refractivity (Wildman–Crippen MR) is 116 cm³/mol. The Morgan fingerprint density at radius 1 is 0.931 bits per heavy atom. The van der Waals surface area contributed by atoms with Crippen LogP contribution in [0.15, 0.2) is 60.7 Å². The van der Waals surface area contributed by atoms with E-state index in [0.717, 1.165) is 0 Å². The van der Waals surface area contributed by atoms with Gasteiger partial charge in [0.1, 0.15) is 0 Å². The van der Waals surface area contributed by atoms with Crippen LogP contribution < -0.4 is 5.32 Å². The Hall–Kier alpha value is -2.82. The van der Waals surface area contributed by atoms with Gasteiger partial charge in [-0.2, -0.15) is 0 Å². The number of piperidine rings is 1. The van der Waals surface area contributed by atoms with Crippen molar-refractivity contribution in [3.8, 4) is 0 Å². The number of amides is 3. The number of urea groups is 1. The Morgan fingerprint density at radius 2 is 1.41 bits per heavy atom. The number of hydrogen-bond acceptors (Lipinski definition) is 2. The van der Waals surface area contributed by atoms with Crippen LogP contribution >= 0.6 is 0 Å². The lowest BCUT2D eigenvalue weighted by Gasteiger charge is -2.34. The van der Waals surface area contributed by atoms with E-state index in [9.17, 15) is 9.59 Å². The van der Waals surface area contributed by atoms with Crippen LogP contribution in [-0.2, 0) is 4.79 Å². The van der Waals surface area contributed by atoms with Crippen molar-refractivity contribution in [3.05, 3.63) is 71.8 Å². The van der Waals surface area contributed by atoms with Gasteiger partial charge in [0, 0.05) is 45.1 Å². The van der Waals surface area contributed by atoms with Gasteiger partial charge in [-0.05, 0) is 30.9 Å². The van der Waals surface area contributed by atoms with E-state index in [1.54, 1.807) is 19.0 Å². The second kappa shape index (κ2) is 9.59. The summed E-state index contributed by atoms with van der Waals surface area (Å²) in [6, 6.07) is 20.6. The van der Waals surface area contributed by atoms with Crippen molar-refractivity contribution < 1.29 is 9.59 Å². The second-order valence-corrected chi connectivity index (χ2v) is 8.03. The van der Waals surface area contributed by atoms with Crippen molar-refractivity contribution in [2.24, 2.45) is 5.92 Å². The van der Waals surface area contributed by atoms with Gasteiger partial charge in [0.05, 0.1) is 0 Å². The molecule has 1 N–H and O–H groups in total. The van der Waals surface area contributed by atoms with Crippen LogP contribution in [-0.4, -0.2) is 55.0 Å². The molecule has 2 aromatic rings. The number of likely N-dealkylation sites (tertiary alicyclic amines) is 1. The molecule has 2 aromatic carbocycles. The van der Waals surface area contributed by atoms with Crippen molar-refractivity contribution in [3.63, 3.8) is 0 Å². The summed E-state index contributed by atoms with van der Waals surface area (Å²) in [6.07, 6.45) is 1.42. The van der Waals surface area contributed by atoms with Crippen LogP contribution in [0.4, 0.5) is 4.79 Å². The SMILES string of the molecule is CC(NC(=O)C1CCN(C(=O)N(C)C)CC1)C(c1ccccc1)c1ccccc1. The average Bonchev–Trinajstić information content (AvgIpc) is 2.75. The Kier molecular flexibility index (Phi) is 6.91. The number of benzene rings is 2. The van der Waals surface area contributed by atoms with Crippen LogP contribution in [0, 0.1) is 5.92 Å². The third-order valence-electron chi connectivity index (χ3n) is 5.71. The van der Waals surface area contributed by atoms with Crippen LogP contribution in [0.3, 0.4) is 0 Å². The molecule has 0 radical (unpaired) electrons. The lowest BCUT2D eigenvalue weighted by Crippen LogP contribution is -2.48. The third kappa shape index (κ3) is 5.17. The highest BCUT2D eigenvalue weighted by Gasteiger charge is 2.30. The molecule has 0 aliphatic carbocycles. The summed E-state index contributed by atoms with van der Waals surface area (Å²) in [5.74, 6) is 0.138. The normalized spacial score (nSPS) is 15.8. The van der Waals surface area contributed by atoms with Crippen LogP contribution in [0.25, 0.3) is 0 Å². The fourth-order valence-electron chi connectivity index (χ4n) is 4.13. The molecule has 5 heteroatoms. The molecule has 1 fully saturated rings. The first kappa shape index (κ1) is 20.9. The molecule has 1 aliphatic heterocycles. The summed E-state index contributed by atoms with van der Waals surface area (Å²) >= 11 is 0. The lowest BCUT2D eigenvalue weighted by atomic mass is 9.85. The number of nitrogens with one attached hydrogen (secondary N) is 1. The average molecular weight is 394 g/mol. The van der Waals surface area contributed by atoms with Crippen molar-refractivity contribution in [1.82, 2.24) is 15.1 Å². The van der Waals surface area contributed by atoms with E-state index in [4.69, 9.17) is 0 Å². The molecule has 0 bridgehead atoms. The highest BCUT2D eigenvalue weighted by Crippen LogP contribution is 2.28. The smallest absolute Gasteiger partial charge is 0.319 e. The van der Waals surface area contributed by atoms with Gasteiger partial charge in [0.25, 0.3) is 0 Å². The van der Waals surface area contributed by atoms with Crippen molar-refractivity contribution in [2.45, 2.75) is 31.7 Å². The van der Waals surface area contributed by atoms with E-state index in [0.29, 0.717) is 25.9 Å². The zero-order chi connectivity index (χ0) is 20.8. The van der Waals surface area contributed by atoms with Gasteiger partial charge < -0.3 is 15.1 Å². The molecule has 1 unspecified atom stereocenters. The van der Waals surface area contributed by atoms with Gasteiger partial charge in [0.2, 0.25) is 5.91 Å². The van der Waals surface area contributed by atoms with E-state index >= 15 is 0 Å². The standard InChI is InChI=1S/C24H31N3O2/c1-18(22(19-10-6-4-7-11-19)20-12-8-5-9-13-20)25-23(28)21-14-16-27(17-15-21)24(29)26(2)3/h4-13,18,21-22H,14-17H2,1-3H3,(H,25,28). The topological polar surface area (TPSA) is 52.7 Å². The maximum absolute atomic E-state index is 13.0. The maximum Gasteiger partial charge on any atom is 0.319 e. The summed E-state index contributed by atoms with van der Waals surface area (Å²) < 4.78 is 0. The summed E-state index contributed by atoms with van der Waals surface area (Å²) in [7, 11) is 3.52. The zero-order valence-corrected chi connectivity index (χ0v) is 17.5. The van der Waals surface area contributed by atoms with E-state index in [2.05, 4.69) is 36.5 Å². The summed E-state index contributed by atoms with van der Waals surface area (Å²) in [4.78, 5) is 28.5. The Morgan fingerprint density at radius 3 is 1.86 bits per heavy atom. The minimum Gasteiger partial charge on any atom is -0.352 e. The molecule has 154 valence electrons. The highest BCUT2D eigenvalue weighted by atomic mass is 16.2.